The van der Waals surface area contributed by atoms with Crippen LogP contribution in [0.1, 0.15) is 22.6 Å². The Hall–Kier alpha value is -1.30. The number of ether oxygens (including phenoxy) is 1. The van der Waals surface area contributed by atoms with E-state index in [1.165, 1.54) is 17.7 Å². The molecule has 2 atom stereocenters. The van der Waals surface area contributed by atoms with Gasteiger partial charge in [0.05, 0.1) is 28.3 Å². The second kappa shape index (κ2) is 6.54. The number of aromatic nitrogens is 2. The molecule has 0 spiro atoms. The summed E-state index contributed by atoms with van der Waals surface area (Å²) in [6.07, 6.45) is 0.712. The maximum Gasteiger partial charge on any atom is 0.334 e. The fraction of sp³-hybridized carbons (Fsp3) is 0.333. The standard InChI is InChI=1S/C15H11Br2ClFN3O2/c1-24-12-5-10(9(19)4-8(12)18)22-11(6-20)14-13(17)7(16)2-3-21(14)15(22)23/h4-5,7,13H,2-3H2,1H3. The normalized spacial score (nSPS) is 19.7. The van der Waals surface area contributed by atoms with Gasteiger partial charge in [-0.1, -0.05) is 43.5 Å². The third-order valence-corrected chi connectivity index (χ3v) is 7.02. The molecule has 1 aliphatic rings. The molecule has 0 aliphatic carbocycles. The van der Waals surface area contributed by atoms with Crippen LogP contribution in [0.15, 0.2) is 16.9 Å². The van der Waals surface area contributed by atoms with Crippen molar-refractivity contribution in [1.29, 1.82) is 5.26 Å². The highest BCUT2D eigenvalue weighted by Gasteiger charge is 2.34. The van der Waals surface area contributed by atoms with Crippen LogP contribution in [0.2, 0.25) is 5.02 Å². The number of alkyl halides is 2. The average molecular weight is 480 g/mol. The van der Waals surface area contributed by atoms with Gasteiger partial charge in [-0.3, -0.25) is 4.57 Å². The van der Waals surface area contributed by atoms with E-state index < -0.39 is 11.5 Å². The molecule has 0 saturated heterocycles. The van der Waals surface area contributed by atoms with Gasteiger partial charge in [-0.2, -0.15) is 5.26 Å². The third kappa shape index (κ3) is 2.59. The molecule has 2 heterocycles. The highest BCUT2D eigenvalue weighted by atomic mass is 79.9. The van der Waals surface area contributed by atoms with Crippen LogP contribution in [0.3, 0.4) is 0 Å². The van der Waals surface area contributed by atoms with Crippen LogP contribution in [0, 0.1) is 17.1 Å². The summed E-state index contributed by atoms with van der Waals surface area (Å²) in [6, 6.07) is 4.41. The summed E-state index contributed by atoms with van der Waals surface area (Å²) in [6.45, 7) is 0.445. The minimum Gasteiger partial charge on any atom is -0.495 e. The predicted molar refractivity (Wildman–Crippen MR) is 95.3 cm³/mol. The maximum absolute atomic E-state index is 14.4. The van der Waals surface area contributed by atoms with E-state index in [0.29, 0.717) is 18.7 Å². The van der Waals surface area contributed by atoms with E-state index in [-0.39, 0.29) is 31.8 Å². The second-order valence-corrected chi connectivity index (χ2v) is 7.83. The molecular weight excluding hydrogens is 468 g/mol. The number of hydrogen-bond donors (Lipinski definition) is 0. The Labute approximate surface area is 158 Å². The van der Waals surface area contributed by atoms with Gasteiger partial charge < -0.3 is 4.74 Å². The van der Waals surface area contributed by atoms with Gasteiger partial charge in [-0.05, 0) is 12.5 Å². The molecule has 0 fully saturated rings. The van der Waals surface area contributed by atoms with Crippen molar-refractivity contribution in [1.82, 2.24) is 9.13 Å². The fourth-order valence-electron chi connectivity index (χ4n) is 2.80. The molecule has 126 valence electrons. The number of imidazole rings is 1. The van der Waals surface area contributed by atoms with Crippen LogP contribution in [0.4, 0.5) is 4.39 Å². The van der Waals surface area contributed by atoms with Gasteiger partial charge in [-0.15, -0.1) is 0 Å². The van der Waals surface area contributed by atoms with E-state index in [1.807, 2.05) is 6.07 Å². The number of rotatable bonds is 2. The van der Waals surface area contributed by atoms with Gasteiger partial charge in [0.2, 0.25) is 0 Å². The molecule has 0 bridgehead atoms. The molecule has 0 N–H and O–H groups in total. The molecule has 3 rings (SSSR count). The van der Waals surface area contributed by atoms with Crippen molar-refractivity contribution < 1.29 is 9.13 Å². The summed E-state index contributed by atoms with van der Waals surface area (Å²) in [4.78, 5) is 12.6. The van der Waals surface area contributed by atoms with E-state index in [0.717, 1.165) is 10.6 Å². The van der Waals surface area contributed by atoms with Crippen LogP contribution in [0.25, 0.3) is 5.69 Å². The number of halogens is 4. The lowest BCUT2D eigenvalue weighted by molar-refractivity contribution is 0.413. The van der Waals surface area contributed by atoms with Crippen LogP contribution in [-0.2, 0) is 6.54 Å². The number of nitrogens with zero attached hydrogens (tertiary/aromatic N) is 3. The minimum absolute atomic E-state index is 0.0643. The maximum atomic E-state index is 14.4. The van der Waals surface area contributed by atoms with E-state index >= 15 is 0 Å². The van der Waals surface area contributed by atoms with E-state index in [1.54, 1.807) is 0 Å². The SMILES string of the molecule is COc1cc(-n2c(C#N)c3n(c2=O)CCC(Br)C3Br)c(F)cc1Cl. The molecule has 5 nitrogen and oxygen atoms in total. The zero-order valence-corrected chi connectivity index (χ0v) is 16.3. The third-order valence-electron chi connectivity index (χ3n) is 3.95. The molecule has 2 aromatic rings. The minimum atomic E-state index is -0.705. The average Bonchev–Trinajstić information content (AvgIpc) is 2.84. The van der Waals surface area contributed by atoms with Crippen LogP contribution in [0.5, 0.6) is 5.75 Å². The van der Waals surface area contributed by atoms with E-state index in [4.69, 9.17) is 16.3 Å². The molecule has 1 aromatic carbocycles. The largest absolute Gasteiger partial charge is 0.495 e. The smallest absolute Gasteiger partial charge is 0.334 e. The van der Waals surface area contributed by atoms with Gasteiger partial charge >= 0.3 is 5.69 Å². The summed E-state index contributed by atoms with van der Waals surface area (Å²) in [5, 5.41) is 9.68. The van der Waals surface area contributed by atoms with Gasteiger partial charge in [0.15, 0.2) is 0 Å². The van der Waals surface area contributed by atoms with Gasteiger partial charge in [0, 0.05) is 17.4 Å². The first kappa shape index (κ1) is 17.5. The van der Waals surface area contributed by atoms with Crippen LogP contribution < -0.4 is 10.4 Å². The molecule has 0 saturated carbocycles. The molecule has 1 aliphatic heterocycles. The molecule has 1 aromatic heterocycles. The Morgan fingerprint density at radius 1 is 1.46 bits per heavy atom. The zero-order valence-electron chi connectivity index (χ0n) is 12.4. The lowest BCUT2D eigenvalue weighted by Gasteiger charge is -2.24. The van der Waals surface area contributed by atoms with Crippen molar-refractivity contribution >= 4 is 43.5 Å². The number of benzene rings is 1. The molecule has 24 heavy (non-hydrogen) atoms. The number of nitriles is 1. The summed E-state index contributed by atoms with van der Waals surface area (Å²) in [5.74, 6) is -0.481. The summed E-state index contributed by atoms with van der Waals surface area (Å²) in [7, 11) is 1.39. The van der Waals surface area contributed by atoms with Crippen molar-refractivity contribution in [2.24, 2.45) is 0 Å². The lowest BCUT2D eigenvalue weighted by Crippen LogP contribution is -2.30. The van der Waals surface area contributed by atoms with Gasteiger partial charge in [0.25, 0.3) is 0 Å². The Bertz CT molecular complexity index is 919. The Morgan fingerprint density at radius 2 is 2.17 bits per heavy atom. The van der Waals surface area contributed by atoms with Crippen LogP contribution in [-0.4, -0.2) is 21.1 Å². The highest BCUT2D eigenvalue weighted by molar-refractivity contribution is 9.12. The Morgan fingerprint density at radius 3 is 2.79 bits per heavy atom. The summed E-state index contributed by atoms with van der Waals surface area (Å²) >= 11 is 13.0. The number of hydrogen-bond acceptors (Lipinski definition) is 3. The van der Waals surface area contributed by atoms with Crippen molar-refractivity contribution in [3.63, 3.8) is 0 Å². The van der Waals surface area contributed by atoms with E-state index in [2.05, 4.69) is 31.9 Å². The molecule has 9 heteroatoms. The summed E-state index contributed by atoms with van der Waals surface area (Å²) in [5.41, 5.74) is 0.0949. The Balaban J connectivity index is 2.34. The monoisotopic (exact) mass is 477 g/mol. The zero-order chi connectivity index (χ0) is 17.6. The number of methoxy groups -OCH3 is 1. The highest BCUT2D eigenvalue weighted by Crippen LogP contribution is 2.39. The van der Waals surface area contributed by atoms with Gasteiger partial charge in [-0.25, -0.2) is 13.8 Å². The Kier molecular flexibility index (Phi) is 4.78. The van der Waals surface area contributed by atoms with Crippen molar-refractivity contribution in [2.75, 3.05) is 7.11 Å². The predicted octanol–water partition coefficient (Wildman–Crippen LogP) is 3.91. The second-order valence-electron chi connectivity index (χ2n) is 5.26. The first-order chi connectivity index (χ1) is 11.4. The number of fused-ring (bicyclic) bond motifs is 1. The van der Waals surface area contributed by atoms with Gasteiger partial charge in [0.1, 0.15) is 23.3 Å². The van der Waals surface area contributed by atoms with Crippen LogP contribution >= 0.6 is 43.5 Å². The lowest BCUT2D eigenvalue weighted by atomic mass is 10.1. The molecular formula is C15H11Br2ClFN3O2. The molecule has 2 unspecified atom stereocenters. The topological polar surface area (TPSA) is 60.0 Å². The quantitative estimate of drug-likeness (QED) is 0.614. The fourth-order valence-corrected chi connectivity index (χ4v) is 4.22. The van der Waals surface area contributed by atoms with Crippen molar-refractivity contribution in [2.45, 2.75) is 22.6 Å². The summed E-state index contributed by atoms with van der Waals surface area (Å²) < 4.78 is 22.1. The molecule has 0 amide bonds. The van der Waals surface area contributed by atoms with E-state index in [9.17, 15) is 14.4 Å². The first-order valence-electron chi connectivity index (χ1n) is 6.97. The molecule has 0 radical (unpaired) electrons. The van der Waals surface area contributed by atoms with Crippen molar-refractivity contribution in [3.05, 3.63) is 44.8 Å². The van der Waals surface area contributed by atoms with Crippen molar-refractivity contribution in [3.8, 4) is 17.5 Å². The first-order valence-corrected chi connectivity index (χ1v) is 9.18.